The molecule has 0 aromatic carbocycles. The molecule has 1 aromatic heterocycles. The van der Waals surface area contributed by atoms with Gasteiger partial charge in [-0.05, 0) is 6.42 Å². The third-order valence-corrected chi connectivity index (χ3v) is 3.97. The molecule has 0 aliphatic carbocycles. The number of fused-ring (bicyclic) bond motifs is 1. The normalized spacial score (nSPS) is 15.5. The summed E-state index contributed by atoms with van der Waals surface area (Å²) in [7, 11) is 1.72. The van der Waals surface area contributed by atoms with Crippen LogP contribution in [0.1, 0.15) is 43.3 Å². The SMILES string of the molecule is CCCNc1nc(C(C)COC)nc2c1CSC2. The molecule has 1 aliphatic heterocycles. The van der Waals surface area contributed by atoms with E-state index in [0.717, 1.165) is 36.1 Å². The summed E-state index contributed by atoms with van der Waals surface area (Å²) in [5.74, 6) is 4.21. The molecule has 2 rings (SSSR count). The Bertz CT molecular complexity index is 411. The van der Waals surface area contributed by atoms with Crippen molar-refractivity contribution in [2.45, 2.75) is 37.7 Å². The molecule has 2 heterocycles. The van der Waals surface area contributed by atoms with Gasteiger partial charge in [-0.2, -0.15) is 11.8 Å². The van der Waals surface area contributed by atoms with Crippen molar-refractivity contribution in [1.29, 1.82) is 0 Å². The minimum absolute atomic E-state index is 0.244. The van der Waals surface area contributed by atoms with Crippen LogP contribution in [0.3, 0.4) is 0 Å². The van der Waals surface area contributed by atoms with Crippen molar-refractivity contribution < 1.29 is 4.74 Å². The van der Waals surface area contributed by atoms with E-state index in [1.807, 2.05) is 11.8 Å². The van der Waals surface area contributed by atoms with Crippen LogP contribution in [0.5, 0.6) is 0 Å². The molecule has 0 bridgehead atoms. The number of hydrogen-bond acceptors (Lipinski definition) is 5. The van der Waals surface area contributed by atoms with E-state index in [4.69, 9.17) is 4.74 Å². The van der Waals surface area contributed by atoms with Gasteiger partial charge in [-0.15, -0.1) is 0 Å². The Morgan fingerprint density at radius 1 is 1.39 bits per heavy atom. The van der Waals surface area contributed by atoms with Crippen LogP contribution in [0, 0.1) is 0 Å². The molecule has 1 aliphatic rings. The summed E-state index contributed by atoms with van der Waals surface area (Å²) < 4.78 is 5.19. The Kier molecular flexibility index (Phi) is 4.83. The highest BCUT2D eigenvalue weighted by Gasteiger charge is 2.21. The summed E-state index contributed by atoms with van der Waals surface area (Å²) in [5.41, 5.74) is 2.49. The van der Waals surface area contributed by atoms with E-state index in [0.29, 0.717) is 6.61 Å². The number of anilines is 1. The predicted octanol–water partition coefficient (Wildman–Crippen LogP) is 2.80. The van der Waals surface area contributed by atoms with Gasteiger partial charge in [-0.25, -0.2) is 9.97 Å². The molecule has 1 aromatic rings. The lowest BCUT2D eigenvalue weighted by atomic mass is 10.1. The fraction of sp³-hybridized carbons (Fsp3) is 0.692. The molecule has 0 radical (unpaired) electrons. The maximum atomic E-state index is 5.19. The van der Waals surface area contributed by atoms with Crippen molar-refractivity contribution >= 4 is 17.6 Å². The van der Waals surface area contributed by atoms with Crippen LogP contribution in [0.15, 0.2) is 0 Å². The third kappa shape index (κ3) is 2.95. The Labute approximate surface area is 113 Å². The minimum Gasteiger partial charge on any atom is -0.384 e. The van der Waals surface area contributed by atoms with E-state index >= 15 is 0 Å². The highest BCUT2D eigenvalue weighted by molar-refractivity contribution is 7.98. The molecule has 5 heteroatoms. The summed E-state index contributed by atoms with van der Waals surface area (Å²) in [6.45, 7) is 5.90. The average Bonchev–Trinajstić information content (AvgIpc) is 2.84. The van der Waals surface area contributed by atoms with Gasteiger partial charge in [-0.3, -0.25) is 0 Å². The maximum Gasteiger partial charge on any atom is 0.136 e. The molecule has 18 heavy (non-hydrogen) atoms. The fourth-order valence-corrected chi connectivity index (χ4v) is 3.05. The summed E-state index contributed by atoms with van der Waals surface area (Å²) >= 11 is 1.91. The third-order valence-electron chi connectivity index (χ3n) is 3.00. The number of nitrogens with one attached hydrogen (secondary N) is 1. The molecular formula is C13H21N3OS. The molecule has 0 amide bonds. The number of rotatable bonds is 6. The van der Waals surface area contributed by atoms with Gasteiger partial charge in [0, 0.05) is 36.6 Å². The van der Waals surface area contributed by atoms with Gasteiger partial charge in [0.25, 0.3) is 0 Å². The standard InChI is InChI=1S/C13H21N3OS/c1-4-5-14-13-10-7-18-8-11(10)15-12(16-13)9(2)6-17-3/h9H,4-8H2,1-3H3,(H,14,15,16). The molecule has 0 spiro atoms. The monoisotopic (exact) mass is 267 g/mol. The Morgan fingerprint density at radius 2 is 2.22 bits per heavy atom. The number of nitrogens with zero attached hydrogens (tertiary/aromatic N) is 2. The smallest absolute Gasteiger partial charge is 0.136 e. The van der Waals surface area contributed by atoms with E-state index in [9.17, 15) is 0 Å². The number of hydrogen-bond donors (Lipinski definition) is 1. The van der Waals surface area contributed by atoms with E-state index in [1.54, 1.807) is 7.11 Å². The molecule has 100 valence electrons. The molecule has 4 nitrogen and oxygen atoms in total. The molecule has 0 saturated carbocycles. The average molecular weight is 267 g/mol. The first-order chi connectivity index (χ1) is 8.76. The lowest BCUT2D eigenvalue weighted by molar-refractivity contribution is 0.181. The van der Waals surface area contributed by atoms with Gasteiger partial charge >= 0.3 is 0 Å². The zero-order valence-corrected chi connectivity index (χ0v) is 12.1. The van der Waals surface area contributed by atoms with Gasteiger partial charge in [0.2, 0.25) is 0 Å². The van der Waals surface area contributed by atoms with Crippen molar-refractivity contribution in [2.75, 3.05) is 25.6 Å². The van der Waals surface area contributed by atoms with Crippen molar-refractivity contribution in [3.63, 3.8) is 0 Å². The van der Waals surface area contributed by atoms with Crippen LogP contribution < -0.4 is 5.32 Å². The predicted molar refractivity (Wildman–Crippen MR) is 76.1 cm³/mol. The first-order valence-electron chi connectivity index (χ1n) is 6.46. The summed E-state index contributed by atoms with van der Waals surface area (Å²) in [6, 6.07) is 0. The van der Waals surface area contributed by atoms with Gasteiger partial charge in [-0.1, -0.05) is 13.8 Å². The van der Waals surface area contributed by atoms with Crippen LogP contribution in [-0.4, -0.2) is 30.2 Å². The van der Waals surface area contributed by atoms with E-state index < -0.39 is 0 Å². The van der Waals surface area contributed by atoms with Gasteiger partial charge < -0.3 is 10.1 Å². The Balaban J connectivity index is 2.26. The second-order valence-corrected chi connectivity index (χ2v) is 5.62. The first-order valence-corrected chi connectivity index (χ1v) is 7.62. The van der Waals surface area contributed by atoms with Crippen LogP contribution in [0.4, 0.5) is 5.82 Å². The Morgan fingerprint density at radius 3 is 2.94 bits per heavy atom. The lowest BCUT2D eigenvalue weighted by Gasteiger charge is -2.14. The number of aromatic nitrogens is 2. The van der Waals surface area contributed by atoms with Crippen LogP contribution in [0.25, 0.3) is 0 Å². The summed E-state index contributed by atoms with van der Waals surface area (Å²) in [4.78, 5) is 9.37. The van der Waals surface area contributed by atoms with Crippen LogP contribution >= 0.6 is 11.8 Å². The fourth-order valence-electron chi connectivity index (χ4n) is 2.00. The molecule has 1 N–H and O–H groups in total. The van der Waals surface area contributed by atoms with Crippen molar-refractivity contribution in [1.82, 2.24) is 9.97 Å². The highest BCUT2D eigenvalue weighted by atomic mass is 32.2. The molecular weight excluding hydrogens is 246 g/mol. The van der Waals surface area contributed by atoms with Gasteiger partial charge in [0.1, 0.15) is 11.6 Å². The van der Waals surface area contributed by atoms with E-state index in [-0.39, 0.29) is 5.92 Å². The van der Waals surface area contributed by atoms with Crippen molar-refractivity contribution in [3.05, 3.63) is 17.1 Å². The first kappa shape index (κ1) is 13.6. The number of thioether (sulfide) groups is 1. The number of methoxy groups -OCH3 is 1. The van der Waals surface area contributed by atoms with Crippen LogP contribution in [-0.2, 0) is 16.2 Å². The van der Waals surface area contributed by atoms with E-state index in [1.165, 1.54) is 11.3 Å². The van der Waals surface area contributed by atoms with Crippen LogP contribution in [0.2, 0.25) is 0 Å². The lowest BCUT2D eigenvalue weighted by Crippen LogP contribution is -2.13. The minimum atomic E-state index is 0.244. The van der Waals surface area contributed by atoms with E-state index in [2.05, 4.69) is 29.1 Å². The largest absolute Gasteiger partial charge is 0.384 e. The summed E-state index contributed by atoms with van der Waals surface area (Å²) in [6.07, 6.45) is 1.11. The second kappa shape index (κ2) is 6.38. The molecule has 1 unspecified atom stereocenters. The topological polar surface area (TPSA) is 47.0 Å². The molecule has 0 fully saturated rings. The second-order valence-electron chi connectivity index (χ2n) is 4.63. The quantitative estimate of drug-likeness (QED) is 0.858. The van der Waals surface area contributed by atoms with Crippen molar-refractivity contribution in [2.24, 2.45) is 0 Å². The maximum absolute atomic E-state index is 5.19. The van der Waals surface area contributed by atoms with Gasteiger partial charge in [0.15, 0.2) is 0 Å². The zero-order valence-electron chi connectivity index (χ0n) is 11.3. The molecule has 1 atom stereocenters. The Hall–Kier alpha value is -0.810. The highest BCUT2D eigenvalue weighted by Crippen LogP contribution is 2.33. The van der Waals surface area contributed by atoms with Crippen molar-refractivity contribution in [3.8, 4) is 0 Å². The molecule has 0 saturated heterocycles. The number of ether oxygens (including phenoxy) is 1. The zero-order chi connectivity index (χ0) is 13.0. The summed E-state index contributed by atoms with van der Waals surface area (Å²) in [5, 5.41) is 3.43. The van der Waals surface area contributed by atoms with Gasteiger partial charge in [0.05, 0.1) is 12.3 Å².